The van der Waals surface area contributed by atoms with Gasteiger partial charge in [-0.25, -0.2) is 8.42 Å². The summed E-state index contributed by atoms with van der Waals surface area (Å²) < 4.78 is 22.2. The lowest BCUT2D eigenvalue weighted by Gasteiger charge is -1.95. The third kappa shape index (κ3) is 3.09. The molecule has 14 heavy (non-hydrogen) atoms. The zero-order chi connectivity index (χ0) is 10.8. The lowest BCUT2D eigenvalue weighted by Crippen LogP contribution is -2.17. The van der Waals surface area contributed by atoms with Crippen LogP contribution in [0.15, 0.2) is 0 Å². The fourth-order valence-electron chi connectivity index (χ4n) is 0.817. The summed E-state index contributed by atoms with van der Waals surface area (Å²) in [5.41, 5.74) is 0. The first-order valence-electron chi connectivity index (χ1n) is 3.54. The van der Waals surface area contributed by atoms with Crippen molar-refractivity contribution in [3.63, 3.8) is 0 Å². The normalized spacial score (nSPS) is 11.5. The van der Waals surface area contributed by atoms with Gasteiger partial charge in [0.25, 0.3) is 0 Å². The van der Waals surface area contributed by atoms with Crippen LogP contribution >= 0.6 is 0 Å². The minimum absolute atomic E-state index is 0.00579. The molecule has 0 radical (unpaired) electrons. The lowest BCUT2D eigenvalue weighted by atomic mass is 10.7. The highest BCUT2D eigenvalue weighted by atomic mass is 32.2. The number of nitrogens with zero attached hydrogens (tertiary/aromatic N) is 4. The molecular weight excluding hydrogens is 212 g/mol. The van der Waals surface area contributed by atoms with Crippen LogP contribution in [-0.2, 0) is 27.4 Å². The van der Waals surface area contributed by atoms with Crippen LogP contribution in [0, 0.1) is 0 Å². The molecule has 0 aliphatic carbocycles. The first-order chi connectivity index (χ1) is 6.39. The molecule has 0 amide bonds. The number of carboxylic acid groups (broad SMARTS) is 1. The smallest absolute Gasteiger partial charge is 0.318 e. The Labute approximate surface area is 79.5 Å². The average molecular weight is 220 g/mol. The summed E-state index contributed by atoms with van der Waals surface area (Å²) >= 11 is 0. The molecular formula is C5H8N4O4S. The van der Waals surface area contributed by atoms with Crippen molar-refractivity contribution in [2.24, 2.45) is 7.05 Å². The second kappa shape index (κ2) is 3.70. The van der Waals surface area contributed by atoms with Gasteiger partial charge < -0.3 is 5.11 Å². The Morgan fingerprint density at radius 2 is 2.21 bits per heavy atom. The molecule has 1 aromatic rings. The minimum atomic E-state index is -3.70. The SMILES string of the molecule is Cn1nnc(CS(=O)(=O)CC(=O)O)n1. The highest BCUT2D eigenvalue weighted by Gasteiger charge is 2.19. The van der Waals surface area contributed by atoms with E-state index in [1.165, 1.54) is 7.05 Å². The van der Waals surface area contributed by atoms with E-state index < -0.39 is 27.3 Å². The van der Waals surface area contributed by atoms with Crippen LogP contribution in [0.3, 0.4) is 0 Å². The van der Waals surface area contributed by atoms with Gasteiger partial charge in [-0.15, -0.1) is 10.2 Å². The van der Waals surface area contributed by atoms with Crippen molar-refractivity contribution in [1.29, 1.82) is 0 Å². The fourth-order valence-corrected chi connectivity index (χ4v) is 1.80. The Bertz CT molecular complexity index is 436. The fraction of sp³-hybridized carbons (Fsp3) is 0.600. The van der Waals surface area contributed by atoms with Crippen molar-refractivity contribution in [3.05, 3.63) is 5.82 Å². The molecule has 0 saturated carbocycles. The van der Waals surface area contributed by atoms with Crippen LogP contribution in [-0.4, -0.2) is 45.5 Å². The number of sulfone groups is 1. The predicted octanol–water partition coefficient (Wildman–Crippen LogP) is -1.79. The Balaban J connectivity index is 2.73. The van der Waals surface area contributed by atoms with Gasteiger partial charge in [0.1, 0.15) is 11.5 Å². The second-order valence-electron chi connectivity index (χ2n) is 2.62. The molecule has 1 rings (SSSR count). The molecule has 0 unspecified atom stereocenters. The number of aromatic nitrogens is 4. The lowest BCUT2D eigenvalue weighted by molar-refractivity contribution is -0.134. The zero-order valence-corrected chi connectivity index (χ0v) is 8.10. The van der Waals surface area contributed by atoms with Crippen molar-refractivity contribution >= 4 is 15.8 Å². The van der Waals surface area contributed by atoms with Crippen molar-refractivity contribution in [2.45, 2.75) is 5.75 Å². The molecule has 0 saturated heterocycles. The molecule has 0 aliphatic rings. The summed E-state index contributed by atoms with van der Waals surface area (Å²) in [6.07, 6.45) is 0. The van der Waals surface area contributed by atoms with E-state index in [2.05, 4.69) is 15.4 Å². The maximum absolute atomic E-state index is 11.1. The van der Waals surface area contributed by atoms with E-state index in [1.54, 1.807) is 0 Å². The minimum Gasteiger partial charge on any atom is -0.480 e. The summed E-state index contributed by atoms with van der Waals surface area (Å²) in [6.45, 7) is 0. The van der Waals surface area contributed by atoms with Crippen LogP contribution in [0.4, 0.5) is 0 Å². The maximum atomic E-state index is 11.1. The standard InChI is InChI=1S/C5H8N4O4S/c1-9-7-4(6-8-9)2-14(12,13)3-5(10)11/h2-3H2,1H3,(H,10,11). The van der Waals surface area contributed by atoms with Gasteiger partial charge in [0, 0.05) is 0 Å². The molecule has 0 fully saturated rings. The molecule has 0 aliphatic heterocycles. The Hall–Kier alpha value is -1.51. The number of hydrogen-bond donors (Lipinski definition) is 1. The van der Waals surface area contributed by atoms with Crippen molar-refractivity contribution < 1.29 is 18.3 Å². The number of rotatable bonds is 4. The first-order valence-corrected chi connectivity index (χ1v) is 5.36. The zero-order valence-electron chi connectivity index (χ0n) is 7.28. The van der Waals surface area contributed by atoms with E-state index in [4.69, 9.17) is 5.11 Å². The third-order valence-electron chi connectivity index (χ3n) is 1.24. The van der Waals surface area contributed by atoms with E-state index in [0.717, 1.165) is 4.80 Å². The topological polar surface area (TPSA) is 115 Å². The Kier molecular flexibility index (Phi) is 2.79. The first kappa shape index (κ1) is 10.6. The monoisotopic (exact) mass is 220 g/mol. The molecule has 9 heteroatoms. The highest BCUT2D eigenvalue weighted by Crippen LogP contribution is 1.99. The van der Waals surface area contributed by atoms with Gasteiger partial charge in [-0.05, 0) is 5.21 Å². The molecule has 0 aromatic carbocycles. The van der Waals surface area contributed by atoms with Crippen LogP contribution in [0.1, 0.15) is 5.82 Å². The van der Waals surface area contributed by atoms with E-state index in [1.807, 2.05) is 0 Å². The second-order valence-corrected chi connectivity index (χ2v) is 4.69. The van der Waals surface area contributed by atoms with E-state index >= 15 is 0 Å². The number of carboxylic acids is 1. The van der Waals surface area contributed by atoms with Crippen molar-refractivity contribution in [3.8, 4) is 0 Å². The quantitative estimate of drug-likeness (QED) is 0.637. The average Bonchev–Trinajstić information content (AvgIpc) is 2.30. The summed E-state index contributed by atoms with van der Waals surface area (Å²) in [5, 5.41) is 18.8. The maximum Gasteiger partial charge on any atom is 0.318 e. The number of aryl methyl sites for hydroxylation is 1. The van der Waals surface area contributed by atoms with Gasteiger partial charge in [-0.2, -0.15) is 4.80 Å². The van der Waals surface area contributed by atoms with Gasteiger partial charge in [0.05, 0.1) is 7.05 Å². The van der Waals surface area contributed by atoms with Gasteiger partial charge in [-0.1, -0.05) is 0 Å². The van der Waals surface area contributed by atoms with Gasteiger partial charge in [0.2, 0.25) is 0 Å². The molecule has 78 valence electrons. The highest BCUT2D eigenvalue weighted by molar-refractivity contribution is 7.91. The molecule has 1 heterocycles. The largest absolute Gasteiger partial charge is 0.480 e. The van der Waals surface area contributed by atoms with Crippen molar-refractivity contribution in [2.75, 3.05) is 5.75 Å². The van der Waals surface area contributed by atoms with E-state index in [9.17, 15) is 13.2 Å². The summed E-state index contributed by atoms with van der Waals surface area (Å²) in [7, 11) is -2.21. The number of hydrogen-bond acceptors (Lipinski definition) is 6. The summed E-state index contributed by atoms with van der Waals surface area (Å²) in [5.74, 6) is -2.83. The van der Waals surface area contributed by atoms with Crippen molar-refractivity contribution in [1.82, 2.24) is 20.2 Å². The molecule has 0 bridgehead atoms. The molecule has 0 atom stereocenters. The molecule has 0 spiro atoms. The molecule has 8 nitrogen and oxygen atoms in total. The van der Waals surface area contributed by atoms with E-state index in [0.29, 0.717) is 0 Å². The summed E-state index contributed by atoms with van der Waals surface area (Å²) in [6, 6.07) is 0. The van der Waals surface area contributed by atoms with Gasteiger partial charge >= 0.3 is 5.97 Å². The number of tetrazole rings is 1. The van der Waals surface area contributed by atoms with Crippen LogP contribution in [0.5, 0.6) is 0 Å². The molecule has 1 aromatic heterocycles. The van der Waals surface area contributed by atoms with Gasteiger partial charge in [0.15, 0.2) is 15.7 Å². The predicted molar refractivity (Wildman–Crippen MR) is 43.9 cm³/mol. The van der Waals surface area contributed by atoms with Crippen LogP contribution in [0.2, 0.25) is 0 Å². The van der Waals surface area contributed by atoms with Crippen LogP contribution < -0.4 is 0 Å². The molecule has 1 N–H and O–H groups in total. The van der Waals surface area contributed by atoms with Gasteiger partial charge in [-0.3, -0.25) is 4.79 Å². The number of carbonyl (C=O) groups is 1. The van der Waals surface area contributed by atoms with E-state index in [-0.39, 0.29) is 5.82 Å². The summed E-state index contributed by atoms with van der Waals surface area (Å²) in [4.78, 5) is 11.3. The van der Waals surface area contributed by atoms with Crippen LogP contribution in [0.25, 0.3) is 0 Å². The number of aliphatic carboxylic acids is 1. The Morgan fingerprint density at radius 1 is 1.57 bits per heavy atom. The Morgan fingerprint density at radius 3 is 2.64 bits per heavy atom. The third-order valence-corrected chi connectivity index (χ3v) is 2.63.